The molecular weight excluding hydrogens is 312 g/mol. The molecule has 2 amide bonds. The number of rotatable bonds is 4. The van der Waals surface area contributed by atoms with Crippen molar-refractivity contribution in [3.63, 3.8) is 0 Å². The maximum Gasteiger partial charge on any atom is 0.230 e. The molecule has 0 N–H and O–H groups in total. The maximum absolute atomic E-state index is 13.2. The van der Waals surface area contributed by atoms with Crippen molar-refractivity contribution in [2.45, 2.75) is 78.6 Å². The zero-order valence-electron chi connectivity index (χ0n) is 16.5. The Kier molecular flexibility index (Phi) is 5.45. The van der Waals surface area contributed by atoms with Gasteiger partial charge in [-0.05, 0) is 37.0 Å². The van der Waals surface area contributed by atoms with Crippen molar-refractivity contribution < 1.29 is 9.59 Å². The number of piperidine rings is 1. The van der Waals surface area contributed by atoms with E-state index in [0.29, 0.717) is 18.9 Å². The van der Waals surface area contributed by atoms with E-state index in [0.717, 1.165) is 51.2 Å². The third-order valence-electron chi connectivity index (χ3n) is 6.44. The Morgan fingerprint density at radius 3 is 2.52 bits per heavy atom. The molecule has 0 aromatic carbocycles. The van der Waals surface area contributed by atoms with E-state index in [1.54, 1.807) is 0 Å². The number of amides is 2. The second-order valence-corrected chi connectivity index (χ2v) is 9.93. The van der Waals surface area contributed by atoms with Crippen LogP contribution in [0.1, 0.15) is 78.6 Å². The van der Waals surface area contributed by atoms with Crippen molar-refractivity contribution in [2.24, 2.45) is 16.7 Å². The van der Waals surface area contributed by atoms with Crippen LogP contribution in [0.4, 0.5) is 0 Å². The van der Waals surface area contributed by atoms with Gasteiger partial charge in [-0.2, -0.15) is 0 Å². The van der Waals surface area contributed by atoms with Gasteiger partial charge in [0.2, 0.25) is 11.8 Å². The summed E-state index contributed by atoms with van der Waals surface area (Å²) in [4.78, 5) is 29.9. The zero-order chi connectivity index (χ0) is 18.1. The molecule has 2 heterocycles. The van der Waals surface area contributed by atoms with Gasteiger partial charge in [0, 0.05) is 32.6 Å². The second-order valence-electron chi connectivity index (χ2n) is 9.93. The highest BCUT2D eigenvalue weighted by molar-refractivity contribution is 5.86. The first-order chi connectivity index (χ1) is 11.8. The molecule has 1 atom stereocenters. The molecule has 4 nitrogen and oxygen atoms in total. The van der Waals surface area contributed by atoms with Gasteiger partial charge in [-0.3, -0.25) is 9.59 Å². The van der Waals surface area contributed by atoms with E-state index in [1.807, 2.05) is 4.90 Å². The molecule has 3 rings (SSSR count). The summed E-state index contributed by atoms with van der Waals surface area (Å²) < 4.78 is 0. The highest BCUT2D eigenvalue weighted by atomic mass is 16.2. The van der Waals surface area contributed by atoms with Crippen molar-refractivity contribution in [1.29, 1.82) is 0 Å². The van der Waals surface area contributed by atoms with E-state index in [4.69, 9.17) is 0 Å². The molecule has 3 fully saturated rings. The Morgan fingerprint density at radius 2 is 1.84 bits per heavy atom. The highest BCUT2D eigenvalue weighted by Crippen LogP contribution is 2.41. The zero-order valence-corrected chi connectivity index (χ0v) is 16.5. The molecule has 1 aliphatic carbocycles. The summed E-state index contributed by atoms with van der Waals surface area (Å²) in [6.45, 7) is 9.71. The van der Waals surface area contributed by atoms with Gasteiger partial charge in [0.25, 0.3) is 0 Å². The molecule has 0 radical (unpaired) electrons. The van der Waals surface area contributed by atoms with E-state index in [2.05, 4.69) is 25.7 Å². The molecule has 0 aromatic rings. The quantitative estimate of drug-likeness (QED) is 0.774. The molecule has 0 unspecified atom stereocenters. The number of carbonyl (C=O) groups is 2. The Morgan fingerprint density at radius 1 is 1.12 bits per heavy atom. The lowest BCUT2D eigenvalue weighted by Crippen LogP contribution is -2.52. The summed E-state index contributed by atoms with van der Waals surface area (Å²) >= 11 is 0. The molecule has 25 heavy (non-hydrogen) atoms. The fraction of sp³-hybridized carbons (Fsp3) is 0.905. The molecule has 1 saturated carbocycles. The molecule has 0 bridgehead atoms. The predicted octanol–water partition coefficient (Wildman–Crippen LogP) is 3.84. The normalized spacial score (nSPS) is 28.4. The van der Waals surface area contributed by atoms with Crippen LogP contribution >= 0.6 is 0 Å². The van der Waals surface area contributed by atoms with Crippen molar-refractivity contribution in [3.05, 3.63) is 0 Å². The van der Waals surface area contributed by atoms with Crippen LogP contribution in [0.3, 0.4) is 0 Å². The standard InChI is InChI=1S/C21H36N2O2/c1-20(2,3)15-23-13-6-11-21(19(23)25)12-14-22(16-21)18(24)10-9-17-7-4-5-8-17/h17H,4-16H2,1-3H3/t21-/m1/s1. The first-order valence-electron chi connectivity index (χ1n) is 10.4. The van der Waals surface area contributed by atoms with Gasteiger partial charge >= 0.3 is 0 Å². The molecule has 142 valence electrons. The van der Waals surface area contributed by atoms with Crippen LogP contribution < -0.4 is 0 Å². The molecule has 0 aromatic heterocycles. The van der Waals surface area contributed by atoms with Crippen molar-refractivity contribution in [1.82, 2.24) is 9.80 Å². The Hall–Kier alpha value is -1.06. The van der Waals surface area contributed by atoms with E-state index in [-0.39, 0.29) is 16.7 Å². The first kappa shape index (κ1) is 18.7. The molecule has 1 spiro atoms. The first-order valence-corrected chi connectivity index (χ1v) is 10.4. The van der Waals surface area contributed by atoms with Crippen LogP contribution in [0.2, 0.25) is 0 Å². The van der Waals surface area contributed by atoms with E-state index in [1.165, 1.54) is 25.7 Å². The molecule has 2 saturated heterocycles. The van der Waals surface area contributed by atoms with Crippen molar-refractivity contribution in [2.75, 3.05) is 26.2 Å². The van der Waals surface area contributed by atoms with Crippen LogP contribution in [0.15, 0.2) is 0 Å². The van der Waals surface area contributed by atoms with Gasteiger partial charge in [-0.15, -0.1) is 0 Å². The lowest BCUT2D eigenvalue weighted by Gasteiger charge is -2.41. The summed E-state index contributed by atoms with van der Waals surface area (Å²) in [5.41, 5.74) is -0.157. The summed E-state index contributed by atoms with van der Waals surface area (Å²) in [5, 5.41) is 0. The van der Waals surface area contributed by atoms with E-state index >= 15 is 0 Å². The van der Waals surface area contributed by atoms with E-state index in [9.17, 15) is 9.59 Å². The van der Waals surface area contributed by atoms with Crippen molar-refractivity contribution >= 4 is 11.8 Å². The SMILES string of the molecule is CC(C)(C)CN1CCC[C@]2(CCN(C(=O)CCC3CCCC3)C2)C1=O. The number of nitrogens with zero attached hydrogens (tertiary/aromatic N) is 2. The molecule has 4 heteroatoms. The summed E-state index contributed by atoms with van der Waals surface area (Å²) in [5.74, 6) is 1.35. The highest BCUT2D eigenvalue weighted by Gasteiger charge is 2.49. The minimum atomic E-state index is -0.285. The minimum Gasteiger partial charge on any atom is -0.342 e. The summed E-state index contributed by atoms with van der Waals surface area (Å²) in [7, 11) is 0. The average molecular weight is 349 g/mol. The summed E-state index contributed by atoms with van der Waals surface area (Å²) in [6, 6.07) is 0. The van der Waals surface area contributed by atoms with Gasteiger partial charge < -0.3 is 9.80 Å². The Labute approximate surface area is 153 Å². The number of hydrogen-bond acceptors (Lipinski definition) is 2. The van der Waals surface area contributed by atoms with Crippen LogP contribution in [0.25, 0.3) is 0 Å². The van der Waals surface area contributed by atoms with Gasteiger partial charge in [-0.1, -0.05) is 46.5 Å². The fourth-order valence-electron chi connectivity index (χ4n) is 5.12. The Balaban J connectivity index is 1.56. The molecule has 2 aliphatic heterocycles. The van der Waals surface area contributed by atoms with Crippen molar-refractivity contribution in [3.8, 4) is 0 Å². The maximum atomic E-state index is 13.2. The fourth-order valence-corrected chi connectivity index (χ4v) is 5.12. The topological polar surface area (TPSA) is 40.6 Å². The molecular formula is C21H36N2O2. The third-order valence-corrected chi connectivity index (χ3v) is 6.44. The lowest BCUT2D eigenvalue weighted by molar-refractivity contribution is -0.147. The van der Waals surface area contributed by atoms with Crippen LogP contribution in [-0.4, -0.2) is 47.8 Å². The number of carbonyl (C=O) groups excluding carboxylic acids is 2. The Bertz CT molecular complexity index is 505. The smallest absolute Gasteiger partial charge is 0.230 e. The number of hydrogen-bond donors (Lipinski definition) is 0. The van der Waals surface area contributed by atoms with E-state index < -0.39 is 0 Å². The van der Waals surface area contributed by atoms with Gasteiger partial charge in [0.05, 0.1) is 5.41 Å². The lowest BCUT2D eigenvalue weighted by atomic mass is 9.77. The number of likely N-dealkylation sites (tertiary alicyclic amines) is 2. The molecule has 3 aliphatic rings. The van der Waals surface area contributed by atoms with Gasteiger partial charge in [0.15, 0.2) is 0 Å². The average Bonchev–Trinajstić information content (AvgIpc) is 3.19. The van der Waals surface area contributed by atoms with Crippen LogP contribution in [0, 0.1) is 16.7 Å². The van der Waals surface area contributed by atoms with Gasteiger partial charge in [-0.25, -0.2) is 0 Å². The summed E-state index contributed by atoms with van der Waals surface area (Å²) in [6.07, 6.45) is 9.90. The second kappa shape index (κ2) is 7.28. The predicted molar refractivity (Wildman–Crippen MR) is 100 cm³/mol. The minimum absolute atomic E-state index is 0.129. The van der Waals surface area contributed by atoms with Crippen LogP contribution in [0.5, 0.6) is 0 Å². The van der Waals surface area contributed by atoms with Crippen LogP contribution in [-0.2, 0) is 9.59 Å². The van der Waals surface area contributed by atoms with Gasteiger partial charge in [0.1, 0.15) is 0 Å². The monoisotopic (exact) mass is 348 g/mol. The largest absolute Gasteiger partial charge is 0.342 e. The third kappa shape index (κ3) is 4.38.